The summed E-state index contributed by atoms with van der Waals surface area (Å²) in [5.41, 5.74) is 2.51. The van der Waals surface area contributed by atoms with Gasteiger partial charge < -0.3 is 18.9 Å². The van der Waals surface area contributed by atoms with Crippen molar-refractivity contribution in [2.24, 2.45) is 0 Å². The quantitative estimate of drug-likeness (QED) is 0.0514. The number of nitrogens with zero attached hydrogens (tertiary/aromatic N) is 4. The lowest BCUT2D eigenvalue weighted by atomic mass is 10.0. The molecule has 0 N–H and O–H groups in total. The normalized spacial score (nSPS) is 11.2. The van der Waals surface area contributed by atoms with Crippen LogP contribution in [0.4, 0.5) is 0 Å². The molecule has 1 aromatic heterocycles. The molecular weight excluding hydrogens is 1010 g/mol. The molecule has 0 aliphatic rings. The molecule has 8 heteroatoms. The Kier molecular flexibility index (Phi) is 45.9. The number of rotatable bonds is 58. The first kappa shape index (κ1) is 72.0. The second-order valence-electron chi connectivity index (χ2n) is 24.1. The van der Waals surface area contributed by atoms with Crippen LogP contribution in [-0.4, -0.2) is 36.4 Å². The first-order chi connectivity index (χ1) is 40.6. The van der Waals surface area contributed by atoms with Crippen molar-refractivity contribution in [3.63, 3.8) is 0 Å². The minimum Gasteiger partial charge on any atom is -0.490 e. The number of aromatic nitrogens is 2. The molecule has 2 aromatic carbocycles. The fourth-order valence-electron chi connectivity index (χ4n) is 11.3. The van der Waals surface area contributed by atoms with E-state index in [9.17, 15) is 10.5 Å². The molecule has 82 heavy (non-hydrogen) atoms. The Hall–Kier alpha value is -4.30. The molecule has 0 atom stereocenters. The number of benzene rings is 2. The van der Waals surface area contributed by atoms with Crippen LogP contribution in [0.3, 0.4) is 0 Å². The van der Waals surface area contributed by atoms with Gasteiger partial charge in [0, 0.05) is 11.1 Å². The lowest BCUT2D eigenvalue weighted by Gasteiger charge is -2.17. The molecule has 0 unspecified atom stereocenters. The van der Waals surface area contributed by atoms with Gasteiger partial charge in [-0.25, -0.2) is 9.97 Å². The van der Waals surface area contributed by atoms with E-state index in [0.717, 1.165) is 74.0 Å². The van der Waals surface area contributed by atoms with E-state index in [0.29, 0.717) is 49.3 Å². The van der Waals surface area contributed by atoms with Crippen molar-refractivity contribution < 1.29 is 18.9 Å². The van der Waals surface area contributed by atoms with Crippen LogP contribution in [0.2, 0.25) is 0 Å². The summed E-state index contributed by atoms with van der Waals surface area (Å²) in [6.45, 7) is 11.6. The topological polar surface area (TPSA) is 110 Å². The zero-order valence-corrected chi connectivity index (χ0v) is 53.7. The molecule has 0 spiro atoms. The van der Waals surface area contributed by atoms with Gasteiger partial charge in [0.2, 0.25) is 0 Å². The molecule has 0 saturated carbocycles. The predicted molar refractivity (Wildman–Crippen MR) is 349 cm³/mol. The highest BCUT2D eigenvalue weighted by atomic mass is 16.5. The van der Waals surface area contributed by atoms with Gasteiger partial charge in [-0.05, 0) is 62.1 Å². The van der Waals surface area contributed by atoms with E-state index in [1.807, 2.05) is 36.4 Å². The summed E-state index contributed by atoms with van der Waals surface area (Å²) in [4.78, 5) is 9.76. The summed E-state index contributed by atoms with van der Waals surface area (Å²) >= 11 is 0. The highest BCUT2D eigenvalue weighted by Crippen LogP contribution is 2.39. The number of hydrogen-bond acceptors (Lipinski definition) is 8. The van der Waals surface area contributed by atoms with E-state index in [1.54, 1.807) is 0 Å². The standard InChI is InChI=1S/C74H122N4O4/c1-5-9-13-17-21-25-29-33-37-41-45-49-57-79-69-55-53-65(61-71(69)81-59-51-47-43-39-35-31-27-23-19-15-11-7-3)73-74(78-68(64-76)67(63-75)77-73)66-54-56-70(80-58-50-46-42-38-34-30-26-22-18-14-10-6-2)72(62-66)82-60-52-48-44-40-36-32-28-24-20-16-12-8-4/h53-56,61-62H,5-52,57-60H2,1-4H3. The van der Waals surface area contributed by atoms with Gasteiger partial charge in [-0.15, -0.1) is 0 Å². The van der Waals surface area contributed by atoms with Gasteiger partial charge in [-0.2, -0.15) is 10.5 Å². The van der Waals surface area contributed by atoms with Crippen LogP contribution in [0, 0.1) is 22.7 Å². The number of unbranched alkanes of at least 4 members (excludes halogenated alkanes) is 44. The van der Waals surface area contributed by atoms with Gasteiger partial charge in [0.1, 0.15) is 12.1 Å². The number of ether oxygens (including phenoxy) is 4. The lowest BCUT2D eigenvalue weighted by Crippen LogP contribution is -2.05. The first-order valence-corrected chi connectivity index (χ1v) is 35.1. The van der Waals surface area contributed by atoms with Crippen molar-refractivity contribution >= 4 is 0 Å². The zero-order valence-electron chi connectivity index (χ0n) is 53.7. The third kappa shape index (κ3) is 35.1. The van der Waals surface area contributed by atoms with Crippen LogP contribution in [-0.2, 0) is 0 Å². The fraction of sp³-hybridized carbons (Fsp3) is 0.757. The van der Waals surface area contributed by atoms with Gasteiger partial charge in [-0.3, -0.25) is 0 Å². The van der Waals surface area contributed by atoms with Crippen molar-refractivity contribution in [2.45, 2.75) is 336 Å². The molecule has 8 nitrogen and oxygen atoms in total. The zero-order chi connectivity index (χ0) is 58.4. The smallest absolute Gasteiger partial charge is 0.177 e. The Balaban J connectivity index is 1.77. The summed E-state index contributed by atoms with van der Waals surface area (Å²) in [5, 5.41) is 20.6. The third-order valence-corrected chi connectivity index (χ3v) is 16.6. The molecule has 0 fully saturated rings. The maximum Gasteiger partial charge on any atom is 0.177 e. The Bertz CT molecular complexity index is 1910. The third-order valence-electron chi connectivity index (χ3n) is 16.6. The summed E-state index contributed by atoms with van der Waals surface area (Å²) in [6, 6.07) is 16.3. The van der Waals surface area contributed by atoms with E-state index in [4.69, 9.17) is 28.9 Å². The number of hydrogen-bond donors (Lipinski definition) is 0. The maximum absolute atomic E-state index is 10.3. The number of nitriles is 2. The predicted octanol–water partition coefficient (Wildman–Crippen LogP) is 23.9. The monoisotopic (exact) mass is 1130 g/mol. The molecule has 0 aliphatic heterocycles. The van der Waals surface area contributed by atoms with E-state index in [1.165, 1.54) is 257 Å². The molecule has 0 amide bonds. The Morgan fingerprint density at radius 1 is 0.268 bits per heavy atom. The second-order valence-corrected chi connectivity index (χ2v) is 24.1. The van der Waals surface area contributed by atoms with E-state index in [-0.39, 0.29) is 11.4 Å². The molecule has 0 bridgehead atoms. The summed E-state index contributed by atoms with van der Waals surface area (Å²) in [6.07, 6.45) is 62.0. The first-order valence-electron chi connectivity index (χ1n) is 35.1. The summed E-state index contributed by atoms with van der Waals surface area (Å²) in [5.74, 6) is 2.78. The Morgan fingerprint density at radius 3 is 0.671 bits per heavy atom. The minimum atomic E-state index is -0.00155. The molecule has 3 rings (SSSR count). The molecule has 3 aromatic rings. The highest BCUT2D eigenvalue weighted by Gasteiger charge is 2.21. The highest BCUT2D eigenvalue weighted by molar-refractivity contribution is 5.81. The van der Waals surface area contributed by atoms with Crippen molar-refractivity contribution in [1.82, 2.24) is 9.97 Å². The van der Waals surface area contributed by atoms with Crippen molar-refractivity contribution in [3.8, 4) is 57.7 Å². The summed E-state index contributed by atoms with van der Waals surface area (Å²) in [7, 11) is 0. The van der Waals surface area contributed by atoms with Crippen molar-refractivity contribution in [2.75, 3.05) is 26.4 Å². The van der Waals surface area contributed by atoms with Crippen LogP contribution in [0.25, 0.3) is 22.5 Å². The maximum atomic E-state index is 10.3. The molecule has 1 heterocycles. The van der Waals surface area contributed by atoms with E-state index < -0.39 is 0 Å². The van der Waals surface area contributed by atoms with Crippen molar-refractivity contribution in [3.05, 3.63) is 47.8 Å². The average molecular weight is 1130 g/mol. The van der Waals surface area contributed by atoms with Gasteiger partial charge in [0.05, 0.1) is 37.8 Å². The SMILES string of the molecule is CCCCCCCCCCCCCCOc1ccc(-c2nc(C#N)c(C#N)nc2-c2ccc(OCCCCCCCCCCCCCC)c(OCCCCCCCCCCCCCC)c2)cc1OCCCCCCCCCCCCCC. The average Bonchev–Trinajstić information content (AvgIpc) is 3.62. The molecule has 462 valence electrons. The van der Waals surface area contributed by atoms with Crippen LogP contribution in [0.5, 0.6) is 23.0 Å². The van der Waals surface area contributed by atoms with Gasteiger partial charge in [0.25, 0.3) is 0 Å². The second kappa shape index (κ2) is 52.3. The lowest BCUT2D eigenvalue weighted by molar-refractivity contribution is 0.258. The van der Waals surface area contributed by atoms with E-state index >= 15 is 0 Å². The van der Waals surface area contributed by atoms with Crippen LogP contribution in [0.1, 0.15) is 347 Å². The van der Waals surface area contributed by atoms with Crippen LogP contribution >= 0.6 is 0 Å². The molecule has 0 aliphatic carbocycles. The van der Waals surface area contributed by atoms with Gasteiger partial charge >= 0.3 is 0 Å². The van der Waals surface area contributed by atoms with Gasteiger partial charge in [-0.1, -0.05) is 310 Å². The fourth-order valence-corrected chi connectivity index (χ4v) is 11.3. The van der Waals surface area contributed by atoms with Gasteiger partial charge in [0.15, 0.2) is 34.4 Å². The van der Waals surface area contributed by atoms with Crippen LogP contribution in [0.15, 0.2) is 36.4 Å². The molecule has 0 radical (unpaired) electrons. The molecule has 0 saturated heterocycles. The van der Waals surface area contributed by atoms with Crippen molar-refractivity contribution in [1.29, 1.82) is 10.5 Å². The van der Waals surface area contributed by atoms with E-state index in [2.05, 4.69) is 39.8 Å². The Labute approximate surface area is 504 Å². The largest absolute Gasteiger partial charge is 0.490 e. The van der Waals surface area contributed by atoms with Crippen LogP contribution < -0.4 is 18.9 Å². The Morgan fingerprint density at radius 2 is 0.463 bits per heavy atom. The minimum absolute atomic E-state index is 0.00155. The molecular formula is C74H122N4O4. The summed E-state index contributed by atoms with van der Waals surface area (Å²) < 4.78 is 26.3.